The minimum atomic E-state index is 0.609. The highest BCUT2D eigenvalue weighted by Gasteiger charge is 2.04. The smallest absolute Gasteiger partial charge is 0.0380 e. The van der Waals surface area contributed by atoms with Gasteiger partial charge in [0.25, 0.3) is 0 Å². The number of unbranched alkanes of at least 4 members (excludes halogenated alkanes) is 1. The van der Waals surface area contributed by atoms with E-state index in [0.29, 0.717) is 5.92 Å². The first kappa shape index (κ1) is 13.2. The van der Waals surface area contributed by atoms with Gasteiger partial charge in [-0.15, -0.1) is 0 Å². The molecule has 0 aliphatic carbocycles. The van der Waals surface area contributed by atoms with E-state index in [1.54, 1.807) is 0 Å². The van der Waals surface area contributed by atoms with Crippen LogP contribution in [0.25, 0.3) is 0 Å². The Hall–Kier alpha value is -0.790. The highest BCUT2D eigenvalue weighted by molar-refractivity contribution is 5.23. The van der Waals surface area contributed by atoms with Crippen LogP contribution in [0, 0.1) is 5.92 Å². The van der Waals surface area contributed by atoms with Crippen LogP contribution in [0.5, 0.6) is 0 Å². The molecule has 0 spiro atoms. The summed E-state index contributed by atoms with van der Waals surface area (Å²) in [7, 11) is 0. The van der Waals surface area contributed by atoms with Crippen molar-refractivity contribution in [1.29, 1.82) is 0 Å². The molecule has 0 unspecified atom stereocenters. The summed E-state index contributed by atoms with van der Waals surface area (Å²) in [6, 6.07) is 0. The second-order valence-electron chi connectivity index (χ2n) is 3.86. The maximum absolute atomic E-state index is 3.94. The minimum absolute atomic E-state index is 0.609. The molecule has 2 heteroatoms. The molecule has 0 rings (SSSR count). The van der Waals surface area contributed by atoms with E-state index in [-0.39, 0.29) is 0 Å². The molecule has 0 aromatic carbocycles. The molecule has 0 bridgehead atoms. The third kappa shape index (κ3) is 5.05. The molecule has 0 amide bonds. The summed E-state index contributed by atoms with van der Waals surface area (Å²) in [5, 5.41) is 5.85. The predicted molar refractivity (Wildman–Crippen MR) is 64.4 cm³/mol. The molecular weight excluding hydrogens is 172 g/mol. The van der Waals surface area contributed by atoms with E-state index in [9.17, 15) is 0 Å². The van der Waals surface area contributed by atoms with E-state index in [1.807, 2.05) is 5.01 Å². The Kier molecular flexibility index (Phi) is 7.17. The average molecular weight is 196 g/mol. The van der Waals surface area contributed by atoms with Crippen molar-refractivity contribution < 1.29 is 0 Å². The first-order chi connectivity index (χ1) is 6.65. The lowest BCUT2D eigenvalue weighted by atomic mass is 9.99. The van der Waals surface area contributed by atoms with Crippen molar-refractivity contribution in [2.45, 2.75) is 47.0 Å². The summed E-state index contributed by atoms with van der Waals surface area (Å²) in [6.07, 6.45) is 5.84. The highest BCUT2D eigenvalue weighted by Crippen LogP contribution is 2.17. The summed E-state index contributed by atoms with van der Waals surface area (Å²) in [4.78, 5) is 0. The van der Waals surface area contributed by atoms with Crippen LogP contribution in [0.2, 0.25) is 0 Å². The summed E-state index contributed by atoms with van der Waals surface area (Å²) < 4.78 is 0. The zero-order valence-electron chi connectivity index (χ0n) is 10.1. The van der Waals surface area contributed by atoms with Gasteiger partial charge in [0.15, 0.2) is 0 Å². The molecule has 0 heterocycles. The van der Waals surface area contributed by atoms with Crippen LogP contribution in [0.3, 0.4) is 0 Å². The monoisotopic (exact) mass is 196 g/mol. The summed E-state index contributed by atoms with van der Waals surface area (Å²) in [5.41, 5.74) is 1.47. The Labute approximate surface area is 88.7 Å². The molecule has 2 nitrogen and oxygen atoms in total. The molecule has 0 saturated heterocycles. The van der Waals surface area contributed by atoms with Gasteiger partial charge in [0.05, 0.1) is 0 Å². The molecule has 0 fully saturated rings. The van der Waals surface area contributed by atoms with Crippen molar-refractivity contribution >= 4 is 6.72 Å². The number of allylic oxidation sites excluding steroid dienone is 1. The van der Waals surface area contributed by atoms with E-state index >= 15 is 0 Å². The zero-order valence-corrected chi connectivity index (χ0v) is 10.1. The van der Waals surface area contributed by atoms with Crippen molar-refractivity contribution in [1.82, 2.24) is 5.01 Å². The topological polar surface area (TPSA) is 15.6 Å². The highest BCUT2D eigenvalue weighted by atomic mass is 15.4. The maximum atomic E-state index is 3.94. The van der Waals surface area contributed by atoms with E-state index in [4.69, 9.17) is 0 Å². The van der Waals surface area contributed by atoms with Crippen molar-refractivity contribution in [2.24, 2.45) is 11.0 Å². The third-order valence-corrected chi connectivity index (χ3v) is 2.38. The van der Waals surface area contributed by atoms with Gasteiger partial charge >= 0.3 is 0 Å². The van der Waals surface area contributed by atoms with Crippen molar-refractivity contribution in [3.63, 3.8) is 0 Å². The van der Waals surface area contributed by atoms with Crippen LogP contribution in [0.4, 0.5) is 0 Å². The van der Waals surface area contributed by atoms with E-state index in [1.165, 1.54) is 24.8 Å². The molecule has 0 atom stereocenters. The normalized spacial score (nSPS) is 11.9. The molecule has 0 aliphatic rings. The number of hydrazone groups is 1. The van der Waals surface area contributed by atoms with Crippen molar-refractivity contribution in [3.8, 4) is 0 Å². The van der Waals surface area contributed by atoms with Gasteiger partial charge in [-0.1, -0.05) is 27.2 Å². The Morgan fingerprint density at radius 2 is 2.07 bits per heavy atom. The Balaban J connectivity index is 4.36. The fourth-order valence-electron chi connectivity index (χ4n) is 1.31. The minimum Gasteiger partial charge on any atom is -0.274 e. The summed E-state index contributed by atoms with van der Waals surface area (Å²) in [6.45, 7) is 13.2. The van der Waals surface area contributed by atoms with Crippen LogP contribution < -0.4 is 0 Å². The maximum Gasteiger partial charge on any atom is 0.0380 e. The largest absolute Gasteiger partial charge is 0.274 e. The quantitative estimate of drug-likeness (QED) is 0.448. The molecule has 0 saturated carbocycles. The van der Waals surface area contributed by atoms with E-state index in [0.717, 1.165) is 6.54 Å². The van der Waals surface area contributed by atoms with Crippen molar-refractivity contribution in [2.75, 3.05) is 6.54 Å². The number of rotatable bonds is 7. The molecule has 0 aromatic rings. The van der Waals surface area contributed by atoms with Crippen LogP contribution in [-0.2, 0) is 0 Å². The lowest BCUT2D eigenvalue weighted by Crippen LogP contribution is -2.10. The zero-order chi connectivity index (χ0) is 11.0. The van der Waals surface area contributed by atoms with Crippen molar-refractivity contribution in [3.05, 3.63) is 11.8 Å². The van der Waals surface area contributed by atoms with Crippen LogP contribution >= 0.6 is 0 Å². The van der Waals surface area contributed by atoms with Gasteiger partial charge < -0.3 is 0 Å². The lowest BCUT2D eigenvalue weighted by molar-refractivity contribution is 0.415. The number of nitrogens with zero attached hydrogens (tertiary/aromatic N) is 2. The number of hydrogen-bond acceptors (Lipinski definition) is 2. The van der Waals surface area contributed by atoms with E-state index in [2.05, 4.69) is 45.7 Å². The van der Waals surface area contributed by atoms with Gasteiger partial charge in [-0.2, -0.15) is 5.10 Å². The molecule has 0 radical (unpaired) electrons. The lowest BCUT2D eigenvalue weighted by Gasteiger charge is -2.16. The van der Waals surface area contributed by atoms with Crippen LogP contribution in [0.1, 0.15) is 47.0 Å². The third-order valence-electron chi connectivity index (χ3n) is 2.38. The van der Waals surface area contributed by atoms with Gasteiger partial charge in [-0.3, -0.25) is 5.01 Å². The fourth-order valence-corrected chi connectivity index (χ4v) is 1.31. The summed E-state index contributed by atoms with van der Waals surface area (Å²) >= 11 is 0. The fraction of sp³-hybridized carbons (Fsp3) is 0.750. The van der Waals surface area contributed by atoms with Crippen LogP contribution in [0.15, 0.2) is 16.9 Å². The molecule has 82 valence electrons. The standard InChI is InChI=1S/C12H24N2/c1-6-8-9-12(11(3)4)10-14(7-2)13-5/h10-11H,5-9H2,1-4H3/b12-10+. The molecule has 14 heavy (non-hydrogen) atoms. The van der Waals surface area contributed by atoms with Gasteiger partial charge in [-0.05, 0) is 31.3 Å². The molecule has 0 N–H and O–H groups in total. The Morgan fingerprint density at radius 3 is 2.43 bits per heavy atom. The molecular formula is C12H24N2. The summed E-state index contributed by atoms with van der Waals surface area (Å²) in [5.74, 6) is 0.609. The van der Waals surface area contributed by atoms with Crippen LogP contribution in [-0.4, -0.2) is 18.3 Å². The second kappa shape index (κ2) is 7.60. The Bertz CT molecular complexity index is 183. The first-order valence-corrected chi connectivity index (χ1v) is 5.59. The van der Waals surface area contributed by atoms with Gasteiger partial charge in [0.2, 0.25) is 0 Å². The molecule has 0 aromatic heterocycles. The average Bonchev–Trinajstić information content (AvgIpc) is 2.18. The van der Waals surface area contributed by atoms with Gasteiger partial charge in [0.1, 0.15) is 0 Å². The predicted octanol–water partition coefficient (Wildman–Crippen LogP) is 3.65. The SMILES string of the molecule is C=NN(/C=C(\CCCC)C(C)C)CC. The second-order valence-corrected chi connectivity index (χ2v) is 3.86. The van der Waals surface area contributed by atoms with Gasteiger partial charge in [-0.25, -0.2) is 0 Å². The van der Waals surface area contributed by atoms with Gasteiger partial charge in [0, 0.05) is 19.5 Å². The van der Waals surface area contributed by atoms with E-state index < -0.39 is 0 Å². The number of hydrogen-bond donors (Lipinski definition) is 0. The first-order valence-electron chi connectivity index (χ1n) is 5.59. The molecule has 0 aliphatic heterocycles. The Morgan fingerprint density at radius 1 is 1.43 bits per heavy atom.